The van der Waals surface area contributed by atoms with Crippen molar-refractivity contribution in [3.8, 4) is 0 Å². The summed E-state index contributed by atoms with van der Waals surface area (Å²) in [5.74, 6) is 0.0797. The largest absolute Gasteiger partial charge is 0.386 e. The van der Waals surface area contributed by atoms with Crippen LogP contribution >= 0.6 is 0 Å². The van der Waals surface area contributed by atoms with Crippen LogP contribution in [0.25, 0.3) is 0 Å². The number of β-amino-alcohol motifs (C(OH)–C–C–N with tert-alkyl or cyclic N) is 1. The lowest BCUT2D eigenvalue weighted by Crippen LogP contribution is -2.68. The number of likely N-dealkylation sites (tertiary alicyclic amines) is 1. The monoisotopic (exact) mass is 262 g/mol. The van der Waals surface area contributed by atoms with Gasteiger partial charge >= 0.3 is 0 Å². The first-order chi connectivity index (χ1) is 8.92. The van der Waals surface area contributed by atoms with Crippen molar-refractivity contribution >= 4 is 5.91 Å². The zero-order valence-electron chi connectivity index (χ0n) is 11.5. The third-order valence-electron chi connectivity index (χ3n) is 3.93. The molecule has 1 saturated heterocycles. The molecule has 1 aromatic carbocycles. The Morgan fingerprint density at radius 3 is 2.47 bits per heavy atom. The third-order valence-corrected chi connectivity index (χ3v) is 3.93. The number of nitrogens with zero attached hydrogens (tertiary/aromatic N) is 1. The van der Waals surface area contributed by atoms with Crippen LogP contribution < -0.4 is 5.73 Å². The highest BCUT2D eigenvalue weighted by Crippen LogP contribution is 2.28. The van der Waals surface area contributed by atoms with Gasteiger partial charge in [0.2, 0.25) is 5.91 Å². The van der Waals surface area contributed by atoms with Crippen LogP contribution in [0.2, 0.25) is 0 Å². The first-order valence-corrected chi connectivity index (χ1v) is 6.73. The Labute approximate surface area is 114 Å². The van der Waals surface area contributed by atoms with E-state index in [-0.39, 0.29) is 11.8 Å². The number of hydrogen-bond acceptors (Lipinski definition) is 3. The van der Waals surface area contributed by atoms with Crippen molar-refractivity contribution in [3.05, 3.63) is 35.9 Å². The molecule has 1 atom stereocenters. The van der Waals surface area contributed by atoms with E-state index in [9.17, 15) is 9.90 Å². The molecule has 4 nitrogen and oxygen atoms in total. The van der Waals surface area contributed by atoms with Gasteiger partial charge in [-0.3, -0.25) is 4.79 Å². The molecule has 2 rings (SSSR count). The Morgan fingerprint density at radius 1 is 1.37 bits per heavy atom. The maximum atomic E-state index is 12.1. The lowest BCUT2D eigenvalue weighted by atomic mass is 9.82. The molecule has 0 aliphatic carbocycles. The van der Waals surface area contributed by atoms with Crippen LogP contribution in [0.1, 0.15) is 19.4 Å². The maximum Gasteiger partial charge on any atom is 0.240 e. The van der Waals surface area contributed by atoms with Crippen LogP contribution in [-0.4, -0.2) is 40.6 Å². The maximum absolute atomic E-state index is 12.1. The molecular weight excluding hydrogens is 240 g/mol. The van der Waals surface area contributed by atoms with Crippen LogP contribution in [0.15, 0.2) is 30.3 Å². The first-order valence-electron chi connectivity index (χ1n) is 6.73. The van der Waals surface area contributed by atoms with E-state index in [0.717, 1.165) is 5.56 Å². The summed E-state index contributed by atoms with van der Waals surface area (Å²) in [5, 5.41) is 10.1. The van der Waals surface area contributed by atoms with E-state index in [0.29, 0.717) is 19.5 Å². The first kappa shape index (κ1) is 14.0. The molecule has 1 amide bonds. The molecule has 3 N–H and O–H groups in total. The average Bonchev–Trinajstić information content (AvgIpc) is 2.35. The van der Waals surface area contributed by atoms with E-state index in [2.05, 4.69) is 0 Å². The smallest absolute Gasteiger partial charge is 0.240 e. The van der Waals surface area contributed by atoms with Gasteiger partial charge in [-0.1, -0.05) is 44.2 Å². The van der Waals surface area contributed by atoms with Crippen molar-refractivity contribution in [2.75, 3.05) is 13.1 Å². The van der Waals surface area contributed by atoms with E-state index in [1.54, 1.807) is 4.90 Å². The molecule has 1 aliphatic rings. The van der Waals surface area contributed by atoms with Gasteiger partial charge in [0, 0.05) is 0 Å². The molecule has 4 heteroatoms. The summed E-state index contributed by atoms with van der Waals surface area (Å²) in [6.07, 6.45) is 0.538. The lowest BCUT2D eigenvalue weighted by molar-refractivity contribution is -0.165. The third kappa shape index (κ3) is 2.96. The van der Waals surface area contributed by atoms with Gasteiger partial charge in [-0.05, 0) is 17.9 Å². The quantitative estimate of drug-likeness (QED) is 0.843. The minimum absolute atomic E-state index is 0.0748. The van der Waals surface area contributed by atoms with Gasteiger partial charge in [-0.2, -0.15) is 0 Å². The predicted molar refractivity (Wildman–Crippen MR) is 74.5 cm³/mol. The van der Waals surface area contributed by atoms with Crippen molar-refractivity contribution in [3.63, 3.8) is 0 Å². The van der Waals surface area contributed by atoms with Gasteiger partial charge < -0.3 is 15.7 Å². The Balaban J connectivity index is 1.88. The predicted octanol–water partition coefficient (Wildman–Crippen LogP) is 0.786. The molecule has 0 saturated carbocycles. The average molecular weight is 262 g/mol. The normalized spacial score (nSPS) is 19.1. The van der Waals surface area contributed by atoms with Crippen LogP contribution in [0.5, 0.6) is 0 Å². The second-order valence-corrected chi connectivity index (χ2v) is 5.75. The summed E-state index contributed by atoms with van der Waals surface area (Å²) in [6, 6.07) is 9.22. The van der Waals surface area contributed by atoms with Crippen LogP contribution in [0.3, 0.4) is 0 Å². The number of rotatable bonds is 4. The SMILES string of the molecule is CC(C)C1(O)CN(C(=O)[C@H](N)Cc2ccccc2)C1. The standard InChI is InChI=1S/C15H22N2O2/c1-11(2)15(19)9-17(10-15)14(18)13(16)8-12-6-4-3-5-7-12/h3-7,11,13,19H,8-10,16H2,1-2H3/t13-/m1/s1. The topological polar surface area (TPSA) is 66.6 Å². The van der Waals surface area contributed by atoms with Crippen molar-refractivity contribution in [2.24, 2.45) is 11.7 Å². The van der Waals surface area contributed by atoms with Crippen molar-refractivity contribution in [1.29, 1.82) is 0 Å². The fourth-order valence-electron chi connectivity index (χ4n) is 2.33. The van der Waals surface area contributed by atoms with Gasteiger partial charge in [0.25, 0.3) is 0 Å². The molecule has 1 heterocycles. The fourth-order valence-corrected chi connectivity index (χ4v) is 2.33. The Bertz CT molecular complexity index is 439. The number of hydrogen-bond donors (Lipinski definition) is 2. The molecule has 104 valence electrons. The number of aliphatic hydroxyl groups is 1. The highest BCUT2D eigenvalue weighted by Gasteiger charge is 2.46. The highest BCUT2D eigenvalue weighted by atomic mass is 16.3. The van der Waals surface area contributed by atoms with Gasteiger partial charge in [0.15, 0.2) is 0 Å². The van der Waals surface area contributed by atoms with Crippen molar-refractivity contribution in [1.82, 2.24) is 4.90 Å². The number of amides is 1. The van der Waals surface area contributed by atoms with E-state index in [1.807, 2.05) is 44.2 Å². The van der Waals surface area contributed by atoms with Crippen LogP contribution in [0.4, 0.5) is 0 Å². The second kappa shape index (κ2) is 5.31. The number of carbonyl (C=O) groups excluding carboxylic acids is 1. The number of carbonyl (C=O) groups is 1. The lowest BCUT2D eigenvalue weighted by Gasteiger charge is -2.49. The molecule has 1 aromatic rings. The zero-order chi connectivity index (χ0) is 14.0. The molecule has 19 heavy (non-hydrogen) atoms. The summed E-state index contributed by atoms with van der Waals surface area (Å²) in [6.45, 7) is 4.72. The van der Waals surface area contributed by atoms with E-state index >= 15 is 0 Å². The minimum atomic E-state index is -0.734. The zero-order valence-corrected chi connectivity index (χ0v) is 11.5. The van der Waals surface area contributed by atoms with Crippen molar-refractivity contribution in [2.45, 2.75) is 31.9 Å². The number of benzene rings is 1. The van der Waals surface area contributed by atoms with Gasteiger partial charge in [0.1, 0.15) is 5.60 Å². The van der Waals surface area contributed by atoms with Gasteiger partial charge in [-0.15, -0.1) is 0 Å². The molecule has 0 radical (unpaired) electrons. The minimum Gasteiger partial charge on any atom is -0.386 e. The summed E-state index contributed by atoms with van der Waals surface area (Å²) >= 11 is 0. The molecule has 1 aliphatic heterocycles. The Kier molecular flexibility index (Phi) is 3.92. The van der Waals surface area contributed by atoms with Crippen LogP contribution in [0, 0.1) is 5.92 Å². The summed E-state index contributed by atoms with van der Waals surface area (Å²) in [7, 11) is 0. The molecule has 0 unspecified atom stereocenters. The molecule has 0 aromatic heterocycles. The summed E-state index contributed by atoms with van der Waals surface area (Å²) in [5.41, 5.74) is 6.28. The van der Waals surface area contributed by atoms with Crippen molar-refractivity contribution < 1.29 is 9.90 Å². The van der Waals surface area contributed by atoms with Crippen LogP contribution in [-0.2, 0) is 11.2 Å². The summed E-state index contributed by atoms with van der Waals surface area (Å²) in [4.78, 5) is 13.8. The van der Waals surface area contributed by atoms with Gasteiger partial charge in [-0.25, -0.2) is 0 Å². The fraction of sp³-hybridized carbons (Fsp3) is 0.533. The molecule has 1 fully saturated rings. The van der Waals surface area contributed by atoms with E-state index in [1.165, 1.54) is 0 Å². The number of nitrogens with two attached hydrogens (primary N) is 1. The molecular formula is C15H22N2O2. The summed E-state index contributed by atoms with van der Waals surface area (Å²) < 4.78 is 0. The Morgan fingerprint density at radius 2 is 1.95 bits per heavy atom. The van der Waals surface area contributed by atoms with E-state index < -0.39 is 11.6 Å². The highest BCUT2D eigenvalue weighted by molar-refractivity contribution is 5.83. The van der Waals surface area contributed by atoms with Gasteiger partial charge in [0.05, 0.1) is 19.1 Å². The van der Waals surface area contributed by atoms with E-state index in [4.69, 9.17) is 5.73 Å². The second-order valence-electron chi connectivity index (χ2n) is 5.75. The molecule has 0 spiro atoms. The molecule has 0 bridgehead atoms. The Hall–Kier alpha value is -1.39.